The van der Waals surface area contributed by atoms with Gasteiger partial charge >= 0.3 is 0 Å². The molecular weight excluding hydrogens is 222 g/mol. The van der Waals surface area contributed by atoms with Crippen molar-refractivity contribution < 1.29 is 4.42 Å². The quantitative estimate of drug-likeness (QED) is 0.889. The SMILES string of the molecule is CCc1ccc(C(N)Cc2ccc(C)c(C)c2)o1. The molecule has 2 rings (SSSR count). The Morgan fingerprint density at radius 3 is 2.50 bits per heavy atom. The van der Waals surface area contributed by atoms with Crippen LogP contribution < -0.4 is 5.73 Å². The molecule has 0 saturated heterocycles. The minimum absolute atomic E-state index is 0.0626. The number of hydrogen-bond acceptors (Lipinski definition) is 2. The molecule has 2 N–H and O–H groups in total. The van der Waals surface area contributed by atoms with E-state index in [9.17, 15) is 0 Å². The van der Waals surface area contributed by atoms with Crippen molar-refractivity contribution in [3.05, 3.63) is 58.5 Å². The van der Waals surface area contributed by atoms with E-state index in [1.807, 2.05) is 12.1 Å². The summed E-state index contributed by atoms with van der Waals surface area (Å²) in [7, 11) is 0. The summed E-state index contributed by atoms with van der Waals surface area (Å²) in [6.07, 6.45) is 1.73. The van der Waals surface area contributed by atoms with Crippen molar-refractivity contribution in [3.8, 4) is 0 Å². The maximum atomic E-state index is 6.19. The van der Waals surface area contributed by atoms with Gasteiger partial charge in [-0.05, 0) is 49.1 Å². The lowest BCUT2D eigenvalue weighted by Crippen LogP contribution is -2.12. The number of nitrogens with two attached hydrogens (primary N) is 1. The van der Waals surface area contributed by atoms with Gasteiger partial charge in [-0.1, -0.05) is 25.1 Å². The molecule has 2 nitrogen and oxygen atoms in total. The molecule has 1 atom stereocenters. The second-order valence-corrected chi connectivity index (χ2v) is 4.89. The minimum atomic E-state index is -0.0626. The Hall–Kier alpha value is -1.54. The van der Waals surface area contributed by atoms with E-state index in [-0.39, 0.29) is 6.04 Å². The zero-order valence-corrected chi connectivity index (χ0v) is 11.4. The van der Waals surface area contributed by atoms with Gasteiger partial charge in [-0.2, -0.15) is 0 Å². The fourth-order valence-electron chi connectivity index (χ4n) is 2.07. The molecule has 0 spiro atoms. The highest BCUT2D eigenvalue weighted by Gasteiger charge is 2.11. The van der Waals surface area contributed by atoms with E-state index in [4.69, 9.17) is 10.2 Å². The molecule has 0 fully saturated rings. The second kappa shape index (κ2) is 5.40. The van der Waals surface area contributed by atoms with E-state index in [1.54, 1.807) is 0 Å². The molecule has 0 aliphatic rings. The highest BCUT2D eigenvalue weighted by Crippen LogP contribution is 2.20. The van der Waals surface area contributed by atoms with E-state index in [2.05, 4.69) is 39.0 Å². The van der Waals surface area contributed by atoms with Gasteiger partial charge in [0.1, 0.15) is 11.5 Å². The first-order valence-electron chi connectivity index (χ1n) is 6.50. The van der Waals surface area contributed by atoms with Gasteiger partial charge in [-0.3, -0.25) is 0 Å². The Morgan fingerprint density at radius 1 is 1.11 bits per heavy atom. The lowest BCUT2D eigenvalue weighted by atomic mass is 10.0. The first kappa shape index (κ1) is 12.9. The van der Waals surface area contributed by atoms with E-state index in [0.717, 1.165) is 24.4 Å². The van der Waals surface area contributed by atoms with Gasteiger partial charge in [0.05, 0.1) is 6.04 Å². The van der Waals surface area contributed by atoms with Crippen LogP contribution >= 0.6 is 0 Å². The normalized spacial score (nSPS) is 12.7. The summed E-state index contributed by atoms with van der Waals surface area (Å²) < 4.78 is 5.70. The molecule has 0 bridgehead atoms. The molecule has 1 heterocycles. The van der Waals surface area contributed by atoms with Crippen LogP contribution in [0.3, 0.4) is 0 Å². The van der Waals surface area contributed by atoms with E-state index < -0.39 is 0 Å². The van der Waals surface area contributed by atoms with Gasteiger partial charge in [0, 0.05) is 6.42 Å². The van der Waals surface area contributed by atoms with Crippen molar-refractivity contribution in [2.75, 3.05) is 0 Å². The smallest absolute Gasteiger partial charge is 0.121 e. The van der Waals surface area contributed by atoms with E-state index in [1.165, 1.54) is 16.7 Å². The highest BCUT2D eigenvalue weighted by molar-refractivity contribution is 5.30. The molecule has 0 aliphatic heterocycles. The van der Waals surface area contributed by atoms with Gasteiger partial charge in [-0.15, -0.1) is 0 Å². The van der Waals surface area contributed by atoms with E-state index >= 15 is 0 Å². The van der Waals surface area contributed by atoms with Crippen molar-refractivity contribution in [3.63, 3.8) is 0 Å². The van der Waals surface area contributed by atoms with Crippen LogP contribution in [0.1, 0.15) is 41.2 Å². The van der Waals surface area contributed by atoms with Crippen LogP contribution in [-0.4, -0.2) is 0 Å². The molecule has 0 amide bonds. The number of hydrogen-bond donors (Lipinski definition) is 1. The molecule has 0 aliphatic carbocycles. The summed E-state index contributed by atoms with van der Waals surface area (Å²) in [6.45, 7) is 6.34. The van der Waals surface area contributed by atoms with Crippen molar-refractivity contribution >= 4 is 0 Å². The third-order valence-corrected chi connectivity index (χ3v) is 3.42. The molecule has 0 radical (unpaired) electrons. The minimum Gasteiger partial charge on any atom is -0.464 e. The summed E-state index contributed by atoms with van der Waals surface area (Å²) in [5, 5.41) is 0. The molecule has 1 unspecified atom stereocenters. The Balaban J connectivity index is 2.10. The fraction of sp³-hybridized carbons (Fsp3) is 0.375. The van der Waals surface area contributed by atoms with Crippen LogP contribution in [0.5, 0.6) is 0 Å². The summed E-state index contributed by atoms with van der Waals surface area (Å²) in [6, 6.07) is 10.4. The molecule has 18 heavy (non-hydrogen) atoms. The van der Waals surface area contributed by atoms with E-state index in [0.29, 0.717) is 0 Å². The first-order valence-corrected chi connectivity index (χ1v) is 6.50. The molecule has 96 valence electrons. The number of rotatable bonds is 4. The first-order chi connectivity index (χ1) is 8.60. The standard InChI is InChI=1S/C16H21NO/c1-4-14-7-8-16(18-14)15(17)10-13-6-5-11(2)12(3)9-13/h5-9,15H,4,10,17H2,1-3H3. The lowest BCUT2D eigenvalue weighted by Gasteiger charge is -2.10. The average Bonchev–Trinajstić information content (AvgIpc) is 2.82. The summed E-state index contributed by atoms with van der Waals surface area (Å²) in [5.41, 5.74) is 10.1. The van der Waals surface area contributed by atoms with Crippen LogP contribution in [0, 0.1) is 13.8 Å². The Labute approximate surface area is 109 Å². The number of benzene rings is 1. The second-order valence-electron chi connectivity index (χ2n) is 4.89. The van der Waals surface area contributed by atoms with Crippen LogP contribution in [0.4, 0.5) is 0 Å². The van der Waals surface area contributed by atoms with Gasteiger partial charge in [-0.25, -0.2) is 0 Å². The van der Waals surface area contributed by atoms with Gasteiger partial charge in [0.2, 0.25) is 0 Å². The van der Waals surface area contributed by atoms with Crippen molar-refractivity contribution in [2.24, 2.45) is 5.73 Å². The van der Waals surface area contributed by atoms with Gasteiger partial charge < -0.3 is 10.2 Å². The molecule has 0 saturated carbocycles. The highest BCUT2D eigenvalue weighted by atomic mass is 16.3. The molecule has 2 heteroatoms. The zero-order chi connectivity index (χ0) is 13.1. The predicted octanol–water partition coefficient (Wildman–Crippen LogP) is 3.70. The largest absolute Gasteiger partial charge is 0.464 e. The fourth-order valence-corrected chi connectivity index (χ4v) is 2.07. The Kier molecular flexibility index (Phi) is 3.87. The Bertz CT molecular complexity index is 528. The average molecular weight is 243 g/mol. The summed E-state index contributed by atoms with van der Waals surface area (Å²) in [4.78, 5) is 0. The molecule has 2 aromatic rings. The number of furan rings is 1. The van der Waals surface area contributed by atoms with Crippen LogP contribution in [0.2, 0.25) is 0 Å². The molecular formula is C16H21NO. The van der Waals surface area contributed by atoms with Crippen LogP contribution in [-0.2, 0) is 12.8 Å². The van der Waals surface area contributed by atoms with Gasteiger partial charge in [0.15, 0.2) is 0 Å². The molecule has 1 aromatic carbocycles. The van der Waals surface area contributed by atoms with Crippen LogP contribution in [0.25, 0.3) is 0 Å². The molecule has 1 aromatic heterocycles. The summed E-state index contributed by atoms with van der Waals surface area (Å²) in [5.74, 6) is 1.88. The predicted molar refractivity (Wildman–Crippen MR) is 74.6 cm³/mol. The van der Waals surface area contributed by atoms with Gasteiger partial charge in [0.25, 0.3) is 0 Å². The Morgan fingerprint density at radius 2 is 1.89 bits per heavy atom. The topological polar surface area (TPSA) is 39.2 Å². The maximum absolute atomic E-state index is 6.19. The van der Waals surface area contributed by atoms with Crippen LogP contribution in [0.15, 0.2) is 34.7 Å². The van der Waals surface area contributed by atoms with Crippen molar-refractivity contribution in [2.45, 2.75) is 39.7 Å². The van der Waals surface area contributed by atoms with Crippen molar-refractivity contribution in [1.29, 1.82) is 0 Å². The van der Waals surface area contributed by atoms with Crippen molar-refractivity contribution in [1.82, 2.24) is 0 Å². The monoisotopic (exact) mass is 243 g/mol. The third-order valence-electron chi connectivity index (χ3n) is 3.42. The summed E-state index contributed by atoms with van der Waals surface area (Å²) >= 11 is 0. The third kappa shape index (κ3) is 2.82. The lowest BCUT2D eigenvalue weighted by molar-refractivity contribution is 0.434. The zero-order valence-electron chi connectivity index (χ0n) is 11.4. The maximum Gasteiger partial charge on any atom is 0.121 e. The number of aryl methyl sites for hydroxylation is 3.